The molecule has 0 aliphatic rings. The van der Waals surface area contributed by atoms with Crippen molar-refractivity contribution in [3.63, 3.8) is 0 Å². The first-order valence-electron chi connectivity index (χ1n) is 4.82. The van der Waals surface area contributed by atoms with Gasteiger partial charge in [-0.1, -0.05) is 0 Å². The molecule has 0 unspecified atom stereocenters. The second kappa shape index (κ2) is 6.73. The number of hydrogen-bond donors (Lipinski definition) is 2. The monoisotopic (exact) mass is 265 g/mol. The number of aromatic nitrogens is 2. The normalized spacial score (nSPS) is 10.9. The summed E-state index contributed by atoms with van der Waals surface area (Å²) in [5, 5.41) is 0. The van der Waals surface area contributed by atoms with E-state index in [2.05, 4.69) is 9.97 Å². The molecule has 5 nitrogen and oxygen atoms in total. The number of nitrogens with zero attached hydrogens (tertiary/aromatic N) is 1. The molecule has 0 aliphatic heterocycles. The Hall–Kier alpha value is -0.780. The van der Waals surface area contributed by atoms with Crippen LogP contribution in [0.1, 0.15) is 5.69 Å². The van der Waals surface area contributed by atoms with E-state index in [1.807, 2.05) is 4.90 Å². The quantitative estimate of drug-likeness (QED) is 0.730. The van der Waals surface area contributed by atoms with Crippen molar-refractivity contribution in [3.8, 4) is 0 Å². The summed E-state index contributed by atoms with van der Waals surface area (Å²) in [6, 6.07) is 1.36. The molecule has 0 aliphatic carbocycles. The largest absolute Gasteiger partial charge is 0.325 e. The fourth-order valence-electron chi connectivity index (χ4n) is 1.35. The van der Waals surface area contributed by atoms with Crippen LogP contribution in [-0.4, -0.2) is 39.7 Å². The predicted molar refractivity (Wildman–Crippen MR) is 64.4 cm³/mol. The standard InChI is InChI=1S/C9H13Cl2N3O2/c10-1-3-14(4-2-11)6-7-5-8(15)13-9(16)12-7/h5H,1-4,6H2,(H2,12,13,15,16). The van der Waals surface area contributed by atoms with E-state index in [4.69, 9.17) is 23.2 Å². The Labute approximate surface area is 102 Å². The average Bonchev–Trinajstić information content (AvgIpc) is 2.16. The van der Waals surface area contributed by atoms with Crippen molar-refractivity contribution in [1.29, 1.82) is 0 Å². The molecule has 90 valence electrons. The van der Waals surface area contributed by atoms with E-state index in [9.17, 15) is 9.59 Å². The third kappa shape index (κ3) is 4.38. The molecule has 0 fully saturated rings. The molecule has 1 heterocycles. The zero-order chi connectivity index (χ0) is 12.0. The van der Waals surface area contributed by atoms with Gasteiger partial charge in [0.1, 0.15) is 0 Å². The maximum atomic E-state index is 11.1. The van der Waals surface area contributed by atoms with E-state index in [0.717, 1.165) is 0 Å². The Morgan fingerprint density at radius 3 is 2.25 bits per heavy atom. The Balaban J connectivity index is 2.76. The van der Waals surface area contributed by atoms with Gasteiger partial charge in [-0.15, -0.1) is 23.2 Å². The van der Waals surface area contributed by atoms with Crippen molar-refractivity contribution in [2.45, 2.75) is 6.54 Å². The molecule has 0 radical (unpaired) electrons. The lowest BCUT2D eigenvalue weighted by atomic mass is 10.3. The van der Waals surface area contributed by atoms with Crippen molar-refractivity contribution < 1.29 is 0 Å². The van der Waals surface area contributed by atoms with Crippen molar-refractivity contribution in [2.24, 2.45) is 0 Å². The Morgan fingerprint density at radius 1 is 1.12 bits per heavy atom. The molecule has 0 spiro atoms. The van der Waals surface area contributed by atoms with E-state index in [1.165, 1.54) is 6.07 Å². The van der Waals surface area contributed by atoms with Crippen LogP contribution < -0.4 is 11.2 Å². The second-order valence-electron chi connectivity index (χ2n) is 3.27. The molecular weight excluding hydrogens is 253 g/mol. The third-order valence-corrected chi connectivity index (χ3v) is 2.35. The highest BCUT2D eigenvalue weighted by Crippen LogP contribution is 1.98. The van der Waals surface area contributed by atoms with E-state index >= 15 is 0 Å². The van der Waals surface area contributed by atoms with Gasteiger partial charge in [0.05, 0.1) is 0 Å². The van der Waals surface area contributed by atoms with Gasteiger partial charge < -0.3 is 4.98 Å². The lowest BCUT2D eigenvalue weighted by molar-refractivity contribution is 0.295. The lowest BCUT2D eigenvalue weighted by Gasteiger charge is -2.19. The topological polar surface area (TPSA) is 69.0 Å². The maximum absolute atomic E-state index is 11.1. The lowest BCUT2D eigenvalue weighted by Crippen LogP contribution is -2.31. The minimum Gasteiger partial charge on any atom is -0.310 e. The summed E-state index contributed by atoms with van der Waals surface area (Å²) in [4.78, 5) is 28.7. The summed E-state index contributed by atoms with van der Waals surface area (Å²) in [5.74, 6) is 0.953. The summed E-state index contributed by atoms with van der Waals surface area (Å²) in [5.41, 5.74) is -0.348. The molecule has 2 N–H and O–H groups in total. The summed E-state index contributed by atoms with van der Waals surface area (Å²) in [6.07, 6.45) is 0. The summed E-state index contributed by atoms with van der Waals surface area (Å²) < 4.78 is 0. The van der Waals surface area contributed by atoms with Crippen LogP contribution in [0, 0.1) is 0 Å². The minimum absolute atomic E-state index is 0.407. The molecule has 0 saturated heterocycles. The van der Waals surface area contributed by atoms with Crippen molar-refractivity contribution in [2.75, 3.05) is 24.8 Å². The van der Waals surface area contributed by atoms with E-state index in [-0.39, 0.29) is 0 Å². The molecule has 7 heteroatoms. The second-order valence-corrected chi connectivity index (χ2v) is 4.02. The zero-order valence-electron chi connectivity index (χ0n) is 8.63. The summed E-state index contributed by atoms with van der Waals surface area (Å²) >= 11 is 11.3. The van der Waals surface area contributed by atoms with Crippen LogP contribution >= 0.6 is 23.2 Å². The van der Waals surface area contributed by atoms with Crippen LogP contribution in [0.2, 0.25) is 0 Å². The fourth-order valence-corrected chi connectivity index (χ4v) is 1.83. The molecule has 0 bridgehead atoms. The van der Waals surface area contributed by atoms with E-state index in [0.29, 0.717) is 37.1 Å². The first-order valence-corrected chi connectivity index (χ1v) is 5.89. The molecule has 0 amide bonds. The summed E-state index contributed by atoms with van der Waals surface area (Å²) in [6.45, 7) is 1.77. The Morgan fingerprint density at radius 2 is 1.75 bits per heavy atom. The number of alkyl halides is 2. The fraction of sp³-hybridized carbons (Fsp3) is 0.556. The number of nitrogens with one attached hydrogen (secondary N) is 2. The van der Waals surface area contributed by atoms with Gasteiger partial charge >= 0.3 is 5.69 Å². The van der Waals surface area contributed by atoms with Crippen LogP contribution in [0.25, 0.3) is 0 Å². The van der Waals surface area contributed by atoms with E-state index < -0.39 is 11.2 Å². The van der Waals surface area contributed by atoms with Crippen LogP contribution in [0.15, 0.2) is 15.7 Å². The average molecular weight is 266 g/mol. The highest BCUT2D eigenvalue weighted by molar-refractivity contribution is 6.18. The minimum atomic E-state index is -0.501. The van der Waals surface area contributed by atoms with Gasteiger partial charge in [-0.25, -0.2) is 4.79 Å². The van der Waals surface area contributed by atoms with Gasteiger partial charge in [-0.05, 0) is 0 Å². The van der Waals surface area contributed by atoms with E-state index in [1.54, 1.807) is 0 Å². The van der Waals surface area contributed by atoms with Gasteiger partial charge in [0.15, 0.2) is 0 Å². The van der Waals surface area contributed by atoms with Crippen LogP contribution in [0.4, 0.5) is 0 Å². The molecule has 1 aromatic rings. The van der Waals surface area contributed by atoms with Gasteiger partial charge in [-0.2, -0.15) is 0 Å². The number of hydrogen-bond acceptors (Lipinski definition) is 3. The van der Waals surface area contributed by atoms with Gasteiger partial charge in [0, 0.05) is 43.2 Å². The van der Waals surface area contributed by atoms with Gasteiger partial charge in [-0.3, -0.25) is 14.7 Å². The molecule has 0 atom stereocenters. The first kappa shape index (κ1) is 13.3. The van der Waals surface area contributed by atoms with Crippen molar-refractivity contribution in [3.05, 3.63) is 32.6 Å². The van der Waals surface area contributed by atoms with Crippen LogP contribution in [0.3, 0.4) is 0 Å². The molecule has 0 saturated carbocycles. The van der Waals surface area contributed by atoms with Gasteiger partial charge in [0.25, 0.3) is 5.56 Å². The number of aromatic amines is 2. The molecule has 16 heavy (non-hydrogen) atoms. The maximum Gasteiger partial charge on any atom is 0.325 e. The predicted octanol–water partition coefficient (Wildman–Crippen LogP) is 0.343. The van der Waals surface area contributed by atoms with Crippen molar-refractivity contribution in [1.82, 2.24) is 14.9 Å². The SMILES string of the molecule is O=c1cc(CN(CCCl)CCCl)[nH]c(=O)[nH]1. The van der Waals surface area contributed by atoms with Crippen LogP contribution in [0.5, 0.6) is 0 Å². The van der Waals surface area contributed by atoms with Gasteiger partial charge in [0.2, 0.25) is 0 Å². The zero-order valence-corrected chi connectivity index (χ0v) is 10.1. The molecular formula is C9H13Cl2N3O2. The Kier molecular flexibility index (Phi) is 5.59. The molecule has 1 aromatic heterocycles. The first-order chi connectivity index (χ1) is 7.65. The number of halogens is 2. The smallest absolute Gasteiger partial charge is 0.310 e. The molecule has 0 aromatic carbocycles. The highest BCUT2D eigenvalue weighted by atomic mass is 35.5. The third-order valence-electron chi connectivity index (χ3n) is 2.01. The molecule has 1 rings (SSSR count). The number of H-pyrrole nitrogens is 2. The summed E-state index contributed by atoms with van der Waals surface area (Å²) in [7, 11) is 0. The Bertz CT molecular complexity index is 395. The highest BCUT2D eigenvalue weighted by Gasteiger charge is 2.06. The van der Waals surface area contributed by atoms with Crippen molar-refractivity contribution >= 4 is 23.2 Å². The van der Waals surface area contributed by atoms with Crippen LogP contribution in [-0.2, 0) is 6.54 Å². The number of rotatable bonds is 6.